The van der Waals surface area contributed by atoms with Gasteiger partial charge in [0.2, 0.25) is 18.1 Å². The lowest BCUT2D eigenvalue weighted by Gasteiger charge is -2.35. The molecule has 3 saturated heterocycles. The smallest absolute Gasteiger partial charge is 0.330 e. The fourth-order valence-electron chi connectivity index (χ4n) is 5.82. The predicted molar refractivity (Wildman–Crippen MR) is 146 cm³/mol. The van der Waals surface area contributed by atoms with Crippen LogP contribution in [0.4, 0.5) is 0 Å². The summed E-state index contributed by atoms with van der Waals surface area (Å²) in [5.41, 5.74) is 4.18. The molecule has 3 fully saturated rings. The number of methoxy groups -OCH3 is 1. The van der Waals surface area contributed by atoms with Gasteiger partial charge in [-0.3, -0.25) is 28.7 Å². The summed E-state index contributed by atoms with van der Waals surface area (Å²) in [6.07, 6.45) is -6.03. The van der Waals surface area contributed by atoms with Crippen molar-refractivity contribution in [1.82, 2.24) is 20.2 Å². The minimum absolute atomic E-state index is 0.0280. The van der Waals surface area contributed by atoms with Gasteiger partial charge in [-0.2, -0.15) is 0 Å². The Labute approximate surface area is 250 Å². The Kier molecular flexibility index (Phi) is 8.97. The molecule has 4 aliphatic heterocycles. The van der Waals surface area contributed by atoms with Crippen LogP contribution in [-0.2, 0) is 42.8 Å². The zero-order valence-electron chi connectivity index (χ0n) is 24.6. The summed E-state index contributed by atoms with van der Waals surface area (Å²) in [5.74, 6) is -3.44. The molecule has 3 amide bonds. The van der Waals surface area contributed by atoms with E-state index in [1.165, 1.54) is 13.2 Å². The fraction of sp³-hybridized carbons (Fsp3) is 0.667. The minimum atomic E-state index is -1.66. The molecule has 0 aromatic carbocycles. The first-order valence-electron chi connectivity index (χ1n) is 14.3. The normalized spacial score (nSPS) is 35.4. The van der Waals surface area contributed by atoms with Gasteiger partial charge in [-0.15, -0.1) is 0 Å². The number of aliphatic hydroxyl groups excluding tert-OH is 1. The van der Waals surface area contributed by atoms with Crippen LogP contribution in [0, 0.1) is 0 Å². The summed E-state index contributed by atoms with van der Waals surface area (Å²) < 4.78 is 36.0. The molecule has 44 heavy (non-hydrogen) atoms. The van der Waals surface area contributed by atoms with Crippen LogP contribution in [0.15, 0.2) is 33.7 Å². The van der Waals surface area contributed by atoms with Crippen molar-refractivity contribution in [2.75, 3.05) is 7.11 Å². The number of ether oxygens (including phenoxy) is 6. The van der Waals surface area contributed by atoms with Crippen molar-refractivity contribution in [1.29, 1.82) is 0 Å². The molecule has 5 heterocycles. The summed E-state index contributed by atoms with van der Waals surface area (Å²) >= 11 is 0. The number of nitrogens with two attached hydrogens (primary N) is 1. The largest absolute Gasteiger partial charge is 0.456 e. The summed E-state index contributed by atoms with van der Waals surface area (Å²) in [6.45, 7) is 5.17. The van der Waals surface area contributed by atoms with E-state index in [-0.39, 0.29) is 17.7 Å². The summed E-state index contributed by atoms with van der Waals surface area (Å²) in [7, 11) is 1.25. The molecular weight excluding hydrogens is 586 g/mol. The quantitative estimate of drug-likeness (QED) is 0.204. The van der Waals surface area contributed by atoms with E-state index in [0.29, 0.717) is 12.8 Å². The molecule has 1 aromatic heterocycles. The van der Waals surface area contributed by atoms with E-state index < -0.39 is 84.0 Å². The third-order valence-corrected chi connectivity index (χ3v) is 7.86. The second-order valence-corrected chi connectivity index (χ2v) is 11.6. The highest BCUT2D eigenvalue weighted by atomic mass is 16.8. The highest BCUT2D eigenvalue weighted by Gasteiger charge is 2.55. The summed E-state index contributed by atoms with van der Waals surface area (Å²) in [6, 6.07) is 0.232. The molecule has 10 atom stereocenters. The molecule has 1 aromatic rings. The summed E-state index contributed by atoms with van der Waals surface area (Å²) in [4.78, 5) is 64.7. The minimum Gasteiger partial charge on any atom is -0.456 e. The van der Waals surface area contributed by atoms with Crippen molar-refractivity contribution in [2.24, 2.45) is 5.73 Å². The summed E-state index contributed by atoms with van der Waals surface area (Å²) in [5, 5.41) is 16.5. The predicted octanol–water partition coefficient (Wildman–Crippen LogP) is -2.39. The number of aliphatic hydroxyl groups is 1. The van der Waals surface area contributed by atoms with Gasteiger partial charge in [0.1, 0.15) is 30.5 Å². The van der Waals surface area contributed by atoms with Gasteiger partial charge >= 0.3 is 5.69 Å². The monoisotopic (exact) mass is 623 g/mol. The van der Waals surface area contributed by atoms with E-state index in [2.05, 4.69) is 15.6 Å². The zero-order chi connectivity index (χ0) is 31.9. The van der Waals surface area contributed by atoms with Crippen molar-refractivity contribution < 1.29 is 47.9 Å². The van der Waals surface area contributed by atoms with E-state index >= 15 is 0 Å². The Bertz CT molecular complexity index is 1420. The maximum Gasteiger partial charge on any atom is 0.330 e. The lowest BCUT2D eigenvalue weighted by molar-refractivity contribution is -0.241. The number of primary amides is 1. The lowest BCUT2D eigenvalue weighted by atomic mass is 10.0. The number of hydrogen-bond donors (Lipinski definition) is 5. The number of H-pyrrole nitrogens is 1. The average molecular weight is 624 g/mol. The molecule has 0 aliphatic carbocycles. The molecule has 4 aliphatic rings. The number of aromatic amines is 1. The Hall–Kier alpha value is -3.61. The fourth-order valence-corrected chi connectivity index (χ4v) is 5.82. The Balaban J connectivity index is 1.38. The van der Waals surface area contributed by atoms with Crippen molar-refractivity contribution in [3.8, 4) is 0 Å². The van der Waals surface area contributed by atoms with Crippen molar-refractivity contribution >= 4 is 17.7 Å². The zero-order valence-corrected chi connectivity index (χ0v) is 24.6. The van der Waals surface area contributed by atoms with Crippen LogP contribution in [0.1, 0.15) is 46.3 Å². The van der Waals surface area contributed by atoms with Crippen LogP contribution in [0.25, 0.3) is 0 Å². The molecule has 0 unspecified atom stereocenters. The van der Waals surface area contributed by atoms with Gasteiger partial charge in [0.25, 0.3) is 11.5 Å². The second kappa shape index (κ2) is 12.4. The van der Waals surface area contributed by atoms with E-state index in [1.54, 1.807) is 13.8 Å². The third kappa shape index (κ3) is 6.43. The number of carbonyl (C=O) groups excluding carboxylic acids is 3. The molecule has 0 bridgehead atoms. The average Bonchev–Trinajstić information content (AvgIpc) is 3.38. The van der Waals surface area contributed by atoms with E-state index in [1.807, 2.05) is 6.92 Å². The number of nitrogens with zero attached hydrogens (tertiary/aromatic N) is 1. The van der Waals surface area contributed by atoms with Gasteiger partial charge in [-0.05, 0) is 46.1 Å². The molecule has 0 radical (unpaired) electrons. The Morgan fingerprint density at radius 3 is 2.66 bits per heavy atom. The first kappa shape index (κ1) is 31.8. The van der Waals surface area contributed by atoms with Gasteiger partial charge in [0, 0.05) is 25.4 Å². The second-order valence-electron chi connectivity index (χ2n) is 11.6. The molecular formula is C27H37N5O12. The van der Waals surface area contributed by atoms with Gasteiger partial charge in [0.05, 0.1) is 0 Å². The van der Waals surface area contributed by atoms with Crippen LogP contribution in [0.2, 0.25) is 0 Å². The number of aromatic nitrogens is 2. The van der Waals surface area contributed by atoms with Crippen LogP contribution < -0.4 is 27.6 Å². The van der Waals surface area contributed by atoms with Crippen LogP contribution in [0.5, 0.6) is 0 Å². The molecule has 0 spiro atoms. The first-order valence-corrected chi connectivity index (χ1v) is 14.3. The first-order chi connectivity index (χ1) is 20.8. The van der Waals surface area contributed by atoms with Crippen LogP contribution in [-0.4, -0.2) is 100 Å². The maximum absolute atomic E-state index is 13.3. The van der Waals surface area contributed by atoms with Gasteiger partial charge in [0.15, 0.2) is 30.0 Å². The van der Waals surface area contributed by atoms with Gasteiger partial charge < -0.3 is 49.9 Å². The number of carbonyl (C=O) groups is 3. The van der Waals surface area contributed by atoms with Gasteiger partial charge in [-0.1, -0.05) is 0 Å². The third-order valence-electron chi connectivity index (χ3n) is 7.86. The van der Waals surface area contributed by atoms with E-state index in [0.717, 1.165) is 23.3 Å². The molecule has 6 N–H and O–H groups in total. The van der Waals surface area contributed by atoms with Crippen molar-refractivity contribution in [3.05, 3.63) is 44.9 Å². The molecule has 0 saturated carbocycles. The number of hydrogen-bond acceptors (Lipinski definition) is 12. The van der Waals surface area contributed by atoms with Gasteiger partial charge in [-0.25, -0.2) is 4.79 Å². The van der Waals surface area contributed by atoms with E-state index in [4.69, 9.17) is 34.2 Å². The number of amides is 3. The van der Waals surface area contributed by atoms with Crippen molar-refractivity contribution in [3.63, 3.8) is 0 Å². The SMILES string of the molecule is CO[C@H]1[C@@H](O)[C@H](n2ccc(=O)[nH]c2=O)O[C@@H]1[C@@H](O[C@H]1OC(C(=O)N[C@H]2CCC[C@@H](C)NC2=O)=C[C@@H]2OC(C)(C)O[C@H]12)C(N)=O. The van der Waals surface area contributed by atoms with Crippen LogP contribution in [0.3, 0.4) is 0 Å². The number of fused-ring (bicyclic) bond motifs is 1. The Morgan fingerprint density at radius 2 is 1.98 bits per heavy atom. The number of nitrogens with one attached hydrogen (secondary N) is 3. The Morgan fingerprint density at radius 1 is 1.23 bits per heavy atom. The standard InChI is InChI=1S/C27H37N5O12/c1-11-6-5-7-12(22(36)29-11)30-23(37)14-10-13-17(44-27(2,3)43-13)25(40-14)42-20(21(28)35)19-18(39-4)16(34)24(41-19)32-9-8-15(33)31-26(32)38/h8-13,16-20,24-25,34H,5-7H2,1-4H3,(H2,28,35)(H,29,36)(H,30,37)(H,31,33,38)/t11-,12+,13+,16-,17+,18+,19+,20-,24-,25-/m1/s1. The van der Waals surface area contributed by atoms with Crippen molar-refractivity contribution in [2.45, 2.75) is 107 Å². The maximum atomic E-state index is 13.3. The topological polar surface area (TPSA) is 232 Å². The molecule has 242 valence electrons. The van der Waals surface area contributed by atoms with Crippen LogP contribution >= 0.6 is 0 Å². The molecule has 17 nitrogen and oxygen atoms in total. The highest BCUT2D eigenvalue weighted by molar-refractivity contribution is 5.95. The molecule has 17 heteroatoms. The number of rotatable bonds is 8. The lowest BCUT2D eigenvalue weighted by Crippen LogP contribution is -2.54. The molecule has 5 rings (SSSR count). The van der Waals surface area contributed by atoms with E-state index in [9.17, 15) is 29.1 Å². The highest BCUT2D eigenvalue weighted by Crippen LogP contribution is 2.39.